The molecule has 0 atom stereocenters. The van der Waals surface area contributed by atoms with Crippen LogP contribution in [0.1, 0.15) is 17.3 Å². The number of thiophene rings is 1. The monoisotopic (exact) mass is 402 g/mol. The molecule has 2 aromatic heterocycles. The molecule has 0 saturated carbocycles. The summed E-state index contributed by atoms with van der Waals surface area (Å²) in [5, 5.41) is 2.98. The molecule has 0 spiro atoms. The average molecular weight is 403 g/mol. The highest BCUT2D eigenvalue weighted by Crippen LogP contribution is 2.28. The van der Waals surface area contributed by atoms with Gasteiger partial charge in [-0.2, -0.15) is 4.31 Å². The Morgan fingerprint density at radius 3 is 2.41 bits per heavy atom. The van der Waals surface area contributed by atoms with E-state index in [4.69, 9.17) is 0 Å². The molecule has 0 N–H and O–H groups in total. The first-order chi connectivity index (χ1) is 13.0. The molecule has 0 aliphatic carbocycles. The first kappa shape index (κ1) is 18.0. The van der Waals surface area contributed by atoms with E-state index in [0.29, 0.717) is 31.7 Å². The van der Waals surface area contributed by atoms with Crippen LogP contribution in [0.4, 0.5) is 5.82 Å². The number of carbonyl (C=O) groups excluding carboxylic acids is 1. The van der Waals surface area contributed by atoms with E-state index in [1.807, 2.05) is 11.4 Å². The van der Waals surface area contributed by atoms with Crippen molar-refractivity contribution in [2.75, 3.05) is 31.1 Å². The molecule has 0 radical (unpaired) electrons. The van der Waals surface area contributed by atoms with Crippen molar-refractivity contribution in [3.05, 3.63) is 47.6 Å². The van der Waals surface area contributed by atoms with Crippen LogP contribution in [-0.4, -0.2) is 54.7 Å². The van der Waals surface area contributed by atoms with E-state index in [1.54, 1.807) is 29.8 Å². The Morgan fingerprint density at radius 1 is 1.04 bits per heavy atom. The lowest BCUT2D eigenvalue weighted by molar-refractivity contribution is 0.101. The number of benzene rings is 1. The molecule has 1 aliphatic heterocycles. The van der Waals surface area contributed by atoms with Crippen LogP contribution in [0.2, 0.25) is 0 Å². The molecule has 27 heavy (non-hydrogen) atoms. The number of anilines is 1. The van der Waals surface area contributed by atoms with Gasteiger partial charge in [0, 0.05) is 31.7 Å². The highest BCUT2D eigenvalue weighted by Gasteiger charge is 2.29. The third-order valence-corrected chi connectivity index (χ3v) is 7.41. The molecular formula is C18H18N4O3S2. The number of rotatable bonds is 4. The molecule has 1 aromatic carbocycles. The van der Waals surface area contributed by atoms with E-state index in [-0.39, 0.29) is 10.7 Å². The minimum absolute atomic E-state index is 0.0860. The molecule has 4 rings (SSSR count). The van der Waals surface area contributed by atoms with Crippen LogP contribution in [0.15, 0.2) is 46.9 Å². The maximum Gasteiger partial charge on any atom is 0.243 e. The van der Waals surface area contributed by atoms with Gasteiger partial charge in [0.25, 0.3) is 0 Å². The quantitative estimate of drug-likeness (QED) is 0.623. The summed E-state index contributed by atoms with van der Waals surface area (Å²) < 4.78 is 27.2. The SMILES string of the molecule is CC(=O)c1ccc(S(=O)(=O)N2CCN(c3ncnc4sccc34)CC2)cc1. The Bertz CT molecular complexity index is 1090. The van der Waals surface area contributed by atoms with Gasteiger partial charge in [0.1, 0.15) is 17.0 Å². The maximum absolute atomic E-state index is 12.9. The number of carbonyl (C=O) groups is 1. The first-order valence-corrected chi connectivity index (χ1v) is 10.8. The highest BCUT2D eigenvalue weighted by atomic mass is 32.2. The van der Waals surface area contributed by atoms with E-state index in [1.165, 1.54) is 23.4 Å². The normalized spacial score (nSPS) is 16.0. The number of hydrogen-bond acceptors (Lipinski definition) is 7. The molecule has 1 saturated heterocycles. The van der Waals surface area contributed by atoms with Crippen LogP contribution < -0.4 is 4.90 Å². The van der Waals surface area contributed by atoms with Crippen molar-refractivity contribution in [1.82, 2.24) is 14.3 Å². The average Bonchev–Trinajstić information content (AvgIpc) is 3.17. The Kier molecular flexibility index (Phi) is 4.67. The summed E-state index contributed by atoms with van der Waals surface area (Å²) >= 11 is 1.56. The fraction of sp³-hybridized carbons (Fsp3) is 0.278. The van der Waals surface area contributed by atoms with Crippen molar-refractivity contribution >= 4 is 43.2 Å². The molecule has 140 valence electrons. The Hall–Kier alpha value is -2.36. The fourth-order valence-electron chi connectivity index (χ4n) is 3.18. The maximum atomic E-state index is 12.9. The number of ketones is 1. The molecule has 0 amide bonds. The van der Waals surface area contributed by atoms with Gasteiger partial charge in [-0.1, -0.05) is 12.1 Å². The number of aromatic nitrogens is 2. The molecule has 0 bridgehead atoms. The van der Waals surface area contributed by atoms with Crippen LogP contribution in [0.25, 0.3) is 10.2 Å². The lowest BCUT2D eigenvalue weighted by Gasteiger charge is -2.34. The van der Waals surface area contributed by atoms with Crippen LogP contribution in [0.3, 0.4) is 0 Å². The van der Waals surface area contributed by atoms with Crippen molar-refractivity contribution in [1.29, 1.82) is 0 Å². The van der Waals surface area contributed by atoms with Crippen molar-refractivity contribution in [2.24, 2.45) is 0 Å². The number of piperazine rings is 1. The molecule has 3 aromatic rings. The second-order valence-corrected chi connectivity index (χ2v) is 9.14. The largest absolute Gasteiger partial charge is 0.353 e. The van der Waals surface area contributed by atoms with Gasteiger partial charge in [0.05, 0.1) is 10.3 Å². The van der Waals surface area contributed by atoms with E-state index in [0.717, 1.165) is 16.0 Å². The highest BCUT2D eigenvalue weighted by molar-refractivity contribution is 7.89. The summed E-state index contributed by atoms with van der Waals surface area (Å²) in [7, 11) is -3.58. The number of fused-ring (bicyclic) bond motifs is 1. The van der Waals surface area contributed by atoms with Crippen LogP contribution >= 0.6 is 11.3 Å². The van der Waals surface area contributed by atoms with Gasteiger partial charge < -0.3 is 4.90 Å². The lowest BCUT2D eigenvalue weighted by atomic mass is 10.2. The van der Waals surface area contributed by atoms with Crippen LogP contribution in [0, 0.1) is 0 Å². The zero-order valence-corrected chi connectivity index (χ0v) is 16.3. The summed E-state index contributed by atoms with van der Waals surface area (Å²) in [4.78, 5) is 23.3. The van der Waals surface area contributed by atoms with Gasteiger partial charge in [-0.3, -0.25) is 4.79 Å². The predicted octanol–water partition coefficient (Wildman–Crippen LogP) is 2.40. The molecular weight excluding hydrogens is 384 g/mol. The van der Waals surface area contributed by atoms with Gasteiger partial charge >= 0.3 is 0 Å². The zero-order chi connectivity index (χ0) is 19.0. The summed E-state index contributed by atoms with van der Waals surface area (Å²) in [6.45, 7) is 3.35. The van der Waals surface area contributed by atoms with E-state index >= 15 is 0 Å². The van der Waals surface area contributed by atoms with Crippen molar-refractivity contribution < 1.29 is 13.2 Å². The van der Waals surface area contributed by atoms with Gasteiger partial charge in [0.2, 0.25) is 10.0 Å². The van der Waals surface area contributed by atoms with E-state index in [2.05, 4.69) is 14.9 Å². The first-order valence-electron chi connectivity index (χ1n) is 8.51. The summed E-state index contributed by atoms with van der Waals surface area (Å²) in [5.74, 6) is 0.765. The third kappa shape index (κ3) is 3.33. The van der Waals surface area contributed by atoms with E-state index in [9.17, 15) is 13.2 Å². The topological polar surface area (TPSA) is 83.5 Å². The standard InChI is InChI=1S/C18H18N4O3S2/c1-13(23)14-2-4-15(5-3-14)27(24,25)22-9-7-21(8-10-22)17-16-6-11-26-18(16)20-12-19-17/h2-6,11-12H,7-10H2,1H3. The van der Waals surface area contributed by atoms with Gasteiger partial charge in [0.15, 0.2) is 5.78 Å². The summed E-state index contributed by atoms with van der Waals surface area (Å²) in [5.41, 5.74) is 0.502. The smallest absolute Gasteiger partial charge is 0.243 e. The second-order valence-electron chi connectivity index (χ2n) is 6.31. The fourth-order valence-corrected chi connectivity index (χ4v) is 5.33. The Labute approximate surface area is 161 Å². The molecule has 7 nitrogen and oxygen atoms in total. The minimum atomic E-state index is -3.58. The van der Waals surface area contributed by atoms with E-state index < -0.39 is 10.0 Å². The van der Waals surface area contributed by atoms with Crippen LogP contribution in [-0.2, 0) is 10.0 Å². The van der Waals surface area contributed by atoms with Crippen molar-refractivity contribution in [3.63, 3.8) is 0 Å². The van der Waals surface area contributed by atoms with Crippen molar-refractivity contribution in [3.8, 4) is 0 Å². The molecule has 1 aliphatic rings. The Balaban J connectivity index is 1.51. The molecule has 9 heteroatoms. The third-order valence-electron chi connectivity index (χ3n) is 4.68. The van der Waals surface area contributed by atoms with Crippen molar-refractivity contribution in [2.45, 2.75) is 11.8 Å². The summed E-state index contributed by atoms with van der Waals surface area (Å²) in [6.07, 6.45) is 1.55. The van der Waals surface area contributed by atoms with Gasteiger partial charge in [-0.15, -0.1) is 11.3 Å². The number of hydrogen-bond donors (Lipinski definition) is 0. The van der Waals surface area contributed by atoms with Gasteiger partial charge in [-0.05, 0) is 30.5 Å². The van der Waals surface area contributed by atoms with Gasteiger partial charge in [-0.25, -0.2) is 18.4 Å². The molecule has 0 unspecified atom stereocenters. The summed E-state index contributed by atoms with van der Waals surface area (Å²) in [6, 6.07) is 8.10. The lowest BCUT2D eigenvalue weighted by Crippen LogP contribution is -2.49. The van der Waals surface area contributed by atoms with Crippen LogP contribution in [0.5, 0.6) is 0 Å². The molecule has 3 heterocycles. The second kappa shape index (κ2) is 6.99. The predicted molar refractivity (Wildman–Crippen MR) is 105 cm³/mol. The molecule has 1 fully saturated rings. The number of sulfonamides is 1. The minimum Gasteiger partial charge on any atom is -0.353 e. The zero-order valence-electron chi connectivity index (χ0n) is 14.7. The Morgan fingerprint density at radius 2 is 1.74 bits per heavy atom. The number of nitrogens with zero attached hydrogens (tertiary/aromatic N) is 4. The number of Topliss-reactive ketones (excluding diaryl/α,β-unsaturated/α-hetero) is 1.